The average Bonchev–Trinajstić information content (AvgIpc) is 3.20. The molecular formula is C19H22N2OS. The van der Waals surface area contributed by atoms with Crippen molar-refractivity contribution in [3.8, 4) is 0 Å². The number of amides is 1. The molecule has 120 valence electrons. The summed E-state index contributed by atoms with van der Waals surface area (Å²) in [6.07, 6.45) is 2.29. The van der Waals surface area contributed by atoms with Gasteiger partial charge < -0.3 is 0 Å². The zero-order chi connectivity index (χ0) is 16.4. The molecule has 1 aliphatic heterocycles. The van der Waals surface area contributed by atoms with Crippen LogP contribution in [0.3, 0.4) is 0 Å². The van der Waals surface area contributed by atoms with Crippen molar-refractivity contribution < 1.29 is 4.79 Å². The molecule has 1 unspecified atom stereocenters. The molecule has 0 fully saturated rings. The van der Waals surface area contributed by atoms with Gasteiger partial charge in [0.15, 0.2) is 0 Å². The Labute approximate surface area is 141 Å². The van der Waals surface area contributed by atoms with E-state index in [4.69, 9.17) is 0 Å². The Kier molecular flexibility index (Phi) is 4.62. The number of hydrogen-bond acceptors (Lipinski definition) is 3. The molecule has 2 aromatic rings. The van der Waals surface area contributed by atoms with Crippen molar-refractivity contribution in [2.75, 3.05) is 0 Å². The molecule has 1 aliphatic rings. The molecule has 0 radical (unpaired) electrons. The summed E-state index contributed by atoms with van der Waals surface area (Å²) in [6.45, 7) is 6.13. The zero-order valence-corrected chi connectivity index (χ0v) is 14.7. The van der Waals surface area contributed by atoms with Gasteiger partial charge in [-0.15, -0.1) is 11.3 Å². The molecule has 1 atom stereocenters. The molecule has 0 saturated heterocycles. The third kappa shape index (κ3) is 3.22. The van der Waals surface area contributed by atoms with Crippen molar-refractivity contribution in [1.29, 1.82) is 0 Å². The Hall–Kier alpha value is -1.94. The van der Waals surface area contributed by atoms with E-state index in [9.17, 15) is 4.79 Å². The Balaban J connectivity index is 1.91. The maximum Gasteiger partial charge on any atom is 0.242 e. The number of hydrazone groups is 1. The normalized spacial score (nSPS) is 17.4. The molecule has 0 spiro atoms. The summed E-state index contributed by atoms with van der Waals surface area (Å²) in [5.74, 6) is 0.0813. The lowest BCUT2D eigenvalue weighted by Crippen LogP contribution is -2.26. The van der Waals surface area contributed by atoms with E-state index in [1.165, 1.54) is 16.0 Å². The third-order valence-corrected chi connectivity index (χ3v) is 5.35. The van der Waals surface area contributed by atoms with Crippen LogP contribution in [0.25, 0.3) is 0 Å². The van der Waals surface area contributed by atoms with Crippen molar-refractivity contribution in [3.63, 3.8) is 0 Å². The van der Waals surface area contributed by atoms with Crippen LogP contribution in [-0.4, -0.2) is 16.6 Å². The summed E-state index contributed by atoms with van der Waals surface area (Å²) in [5, 5.41) is 8.47. The van der Waals surface area contributed by atoms with Crippen molar-refractivity contribution in [2.45, 2.75) is 46.1 Å². The second-order valence-corrected chi connectivity index (χ2v) is 6.85. The molecule has 0 saturated carbocycles. The summed E-state index contributed by atoms with van der Waals surface area (Å²) in [5.41, 5.74) is 4.75. The summed E-state index contributed by atoms with van der Waals surface area (Å²) in [7, 11) is 0. The molecular weight excluding hydrogens is 304 g/mol. The molecule has 23 heavy (non-hydrogen) atoms. The third-order valence-electron chi connectivity index (χ3n) is 4.26. The Bertz CT molecular complexity index is 730. The molecule has 3 rings (SSSR count). The van der Waals surface area contributed by atoms with Gasteiger partial charge in [-0.1, -0.05) is 38.1 Å². The summed E-state index contributed by atoms with van der Waals surface area (Å²) < 4.78 is 0. The van der Waals surface area contributed by atoms with Gasteiger partial charge in [0.1, 0.15) is 0 Å². The van der Waals surface area contributed by atoms with Gasteiger partial charge in [0.05, 0.1) is 16.6 Å². The minimum atomic E-state index is 0.0192. The van der Waals surface area contributed by atoms with E-state index in [1.807, 2.05) is 6.92 Å². The van der Waals surface area contributed by atoms with Crippen molar-refractivity contribution in [3.05, 3.63) is 57.3 Å². The number of thiophene rings is 1. The van der Waals surface area contributed by atoms with Crippen molar-refractivity contribution in [1.82, 2.24) is 5.01 Å². The minimum Gasteiger partial charge on any atom is -0.273 e. The molecule has 0 aliphatic carbocycles. The first-order chi connectivity index (χ1) is 11.1. The van der Waals surface area contributed by atoms with E-state index in [-0.39, 0.29) is 11.9 Å². The van der Waals surface area contributed by atoms with Gasteiger partial charge in [-0.3, -0.25) is 4.79 Å². The van der Waals surface area contributed by atoms with Crippen LogP contribution in [0.4, 0.5) is 0 Å². The number of hydrogen-bond donors (Lipinski definition) is 0. The smallest absolute Gasteiger partial charge is 0.242 e. The standard InChI is InChI=1S/C19H22N2OS/c1-4-14-6-8-15(9-7-14)17-11-16(18-10-13(3)12-23-18)20-21(17)19(22)5-2/h6-10,12,17H,4-5,11H2,1-3H3. The van der Waals surface area contributed by atoms with Crippen molar-refractivity contribution >= 4 is 23.0 Å². The molecule has 3 nitrogen and oxygen atoms in total. The first-order valence-electron chi connectivity index (χ1n) is 8.16. The van der Waals surface area contributed by atoms with Crippen LogP contribution in [0.15, 0.2) is 40.8 Å². The number of nitrogens with zero attached hydrogens (tertiary/aromatic N) is 2. The molecule has 1 aromatic carbocycles. The van der Waals surface area contributed by atoms with Crippen molar-refractivity contribution in [2.24, 2.45) is 5.10 Å². The molecule has 4 heteroatoms. The summed E-state index contributed by atoms with van der Waals surface area (Å²) in [6, 6.07) is 10.7. The Morgan fingerprint density at radius 1 is 1.30 bits per heavy atom. The number of aryl methyl sites for hydroxylation is 2. The molecule has 1 amide bonds. The average molecular weight is 326 g/mol. The lowest BCUT2D eigenvalue weighted by atomic mass is 9.99. The van der Waals surface area contributed by atoms with Crippen LogP contribution in [0.1, 0.15) is 54.3 Å². The topological polar surface area (TPSA) is 32.7 Å². The van der Waals surface area contributed by atoms with E-state index in [0.717, 1.165) is 24.1 Å². The number of carbonyl (C=O) groups is 1. The van der Waals surface area contributed by atoms with Crippen LogP contribution in [0, 0.1) is 6.92 Å². The number of rotatable bonds is 4. The van der Waals surface area contributed by atoms with E-state index in [0.29, 0.717) is 6.42 Å². The fourth-order valence-corrected chi connectivity index (χ4v) is 3.76. The molecule has 2 heterocycles. The van der Waals surface area contributed by atoms with Crippen LogP contribution in [0.5, 0.6) is 0 Å². The number of carbonyl (C=O) groups excluding carboxylic acids is 1. The monoisotopic (exact) mass is 326 g/mol. The minimum absolute atomic E-state index is 0.0192. The maximum atomic E-state index is 12.3. The summed E-state index contributed by atoms with van der Waals surface area (Å²) in [4.78, 5) is 13.5. The van der Waals surface area contributed by atoms with Gasteiger partial charge in [0, 0.05) is 12.8 Å². The fourth-order valence-electron chi connectivity index (χ4n) is 2.87. The first-order valence-corrected chi connectivity index (χ1v) is 9.04. The van der Waals surface area contributed by atoms with Crippen LogP contribution >= 0.6 is 11.3 Å². The quantitative estimate of drug-likeness (QED) is 0.801. The van der Waals surface area contributed by atoms with Crippen LogP contribution < -0.4 is 0 Å². The van der Waals surface area contributed by atoms with Gasteiger partial charge in [0.25, 0.3) is 0 Å². The predicted molar refractivity (Wildman–Crippen MR) is 95.9 cm³/mol. The highest BCUT2D eigenvalue weighted by atomic mass is 32.1. The molecule has 1 aromatic heterocycles. The second-order valence-electron chi connectivity index (χ2n) is 5.94. The Morgan fingerprint density at radius 3 is 2.61 bits per heavy atom. The SMILES string of the molecule is CCC(=O)N1N=C(c2cc(C)cs2)CC1c1ccc(CC)cc1. The molecule has 0 N–H and O–H groups in total. The highest BCUT2D eigenvalue weighted by Crippen LogP contribution is 2.34. The van der Waals surface area contributed by atoms with E-state index in [1.54, 1.807) is 16.3 Å². The van der Waals surface area contributed by atoms with Gasteiger partial charge in [-0.25, -0.2) is 5.01 Å². The number of benzene rings is 1. The maximum absolute atomic E-state index is 12.3. The highest BCUT2D eigenvalue weighted by Gasteiger charge is 2.32. The zero-order valence-electron chi connectivity index (χ0n) is 13.9. The second kappa shape index (κ2) is 6.67. The van der Waals surface area contributed by atoms with Gasteiger partial charge in [-0.2, -0.15) is 5.10 Å². The van der Waals surface area contributed by atoms with Crippen LogP contribution in [0.2, 0.25) is 0 Å². The lowest BCUT2D eigenvalue weighted by molar-refractivity contribution is -0.132. The fraction of sp³-hybridized carbons (Fsp3) is 0.368. The van der Waals surface area contributed by atoms with Gasteiger partial charge in [0.2, 0.25) is 5.91 Å². The lowest BCUT2D eigenvalue weighted by Gasteiger charge is -2.21. The van der Waals surface area contributed by atoms with E-state index >= 15 is 0 Å². The van der Waals surface area contributed by atoms with Gasteiger partial charge in [-0.05, 0) is 41.5 Å². The highest BCUT2D eigenvalue weighted by molar-refractivity contribution is 7.12. The van der Waals surface area contributed by atoms with E-state index in [2.05, 4.69) is 54.7 Å². The van der Waals surface area contributed by atoms with E-state index < -0.39 is 0 Å². The summed E-state index contributed by atoms with van der Waals surface area (Å²) >= 11 is 1.70. The largest absolute Gasteiger partial charge is 0.273 e. The van der Waals surface area contributed by atoms with Crippen LogP contribution in [-0.2, 0) is 11.2 Å². The molecule has 0 bridgehead atoms. The first kappa shape index (κ1) is 15.9. The van der Waals surface area contributed by atoms with Gasteiger partial charge >= 0.3 is 0 Å². The predicted octanol–water partition coefficient (Wildman–Crippen LogP) is 4.71. The Morgan fingerprint density at radius 2 is 2.04 bits per heavy atom.